The number of hydrogen-bond donors (Lipinski definition) is 1. The molecule has 2 aromatic rings. The van der Waals surface area contributed by atoms with Crippen LogP contribution in [0.4, 0.5) is 0 Å². The summed E-state index contributed by atoms with van der Waals surface area (Å²) in [7, 11) is 4.14. The fourth-order valence-electron chi connectivity index (χ4n) is 2.58. The Kier molecular flexibility index (Phi) is 4.42. The van der Waals surface area contributed by atoms with E-state index in [1.54, 1.807) is 0 Å². The van der Waals surface area contributed by atoms with Crippen LogP contribution in [0.1, 0.15) is 33.7 Å². The van der Waals surface area contributed by atoms with Crippen LogP contribution in [0.25, 0.3) is 0 Å². The Morgan fingerprint density at radius 2 is 2.24 bits per heavy atom. The van der Waals surface area contributed by atoms with E-state index in [9.17, 15) is 0 Å². The molecule has 1 aliphatic rings. The molecule has 1 aliphatic carbocycles. The lowest BCUT2D eigenvalue weighted by molar-refractivity contribution is 0.319. The standard InChI is InChI=1S/C16H24N4S/c1-12-14(6-16(21-12)8-17-15-4-5-15)11-19(2)9-13-7-18-20(3)10-13/h6-7,10,15,17H,4-5,8-9,11H2,1-3H3. The predicted octanol–water partition coefficient (Wildman–Crippen LogP) is 2.67. The SMILES string of the molecule is Cc1sc(CNC2CC2)cc1CN(C)Cc1cnn(C)c1. The maximum atomic E-state index is 4.23. The van der Waals surface area contributed by atoms with Crippen molar-refractivity contribution in [1.82, 2.24) is 20.0 Å². The van der Waals surface area contributed by atoms with Crippen molar-refractivity contribution in [2.45, 2.75) is 45.4 Å². The second-order valence-corrected chi connectivity index (χ2v) is 7.48. The van der Waals surface area contributed by atoms with Gasteiger partial charge in [0.2, 0.25) is 0 Å². The molecular formula is C16H24N4S. The van der Waals surface area contributed by atoms with Crippen LogP contribution >= 0.6 is 11.3 Å². The van der Waals surface area contributed by atoms with E-state index in [1.165, 1.54) is 33.7 Å². The fourth-order valence-corrected chi connectivity index (χ4v) is 3.58. The summed E-state index contributed by atoms with van der Waals surface area (Å²) in [6, 6.07) is 3.15. The Balaban J connectivity index is 1.55. The lowest BCUT2D eigenvalue weighted by atomic mass is 10.2. The lowest BCUT2D eigenvalue weighted by Crippen LogP contribution is -2.17. The maximum absolute atomic E-state index is 4.23. The van der Waals surface area contributed by atoms with E-state index >= 15 is 0 Å². The van der Waals surface area contributed by atoms with Gasteiger partial charge in [0.15, 0.2) is 0 Å². The molecule has 0 bridgehead atoms. The molecule has 1 fully saturated rings. The summed E-state index contributed by atoms with van der Waals surface area (Å²) in [5.74, 6) is 0. The minimum atomic E-state index is 0.782. The van der Waals surface area contributed by atoms with Crippen molar-refractivity contribution < 1.29 is 0 Å². The number of thiophene rings is 1. The van der Waals surface area contributed by atoms with E-state index in [1.807, 2.05) is 29.3 Å². The quantitative estimate of drug-likeness (QED) is 0.854. The zero-order chi connectivity index (χ0) is 14.8. The van der Waals surface area contributed by atoms with Crippen LogP contribution in [0.2, 0.25) is 0 Å². The van der Waals surface area contributed by atoms with Gasteiger partial charge in [-0.25, -0.2) is 0 Å². The molecule has 0 amide bonds. The van der Waals surface area contributed by atoms with Crippen molar-refractivity contribution in [1.29, 1.82) is 0 Å². The van der Waals surface area contributed by atoms with Crippen LogP contribution in [0, 0.1) is 6.92 Å². The number of rotatable bonds is 7. The molecule has 0 atom stereocenters. The van der Waals surface area contributed by atoms with Gasteiger partial charge in [-0.05, 0) is 38.4 Å². The summed E-state index contributed by atoms with van der Waals surface area (Å²) < 4.78 is 1.86. The summed E-state index contributed by atoms with van der Waals surface area (Å²) in [5.41, 5.74) is 2.72. The molecule has 5 heteroatoms. The third kappa shape index (κ3) is 4.15. The molecule has 21 heavy (non-hydrogen) atoms. The van der Waals surface area contributed by atoms with E-state index in [-0.39, 0.29) is 0 Å². The lowest BCUT2D eigenvalue weighted by Gasteiger charge is -2.15. The van der Waals surface area contributed by atoms with Gasteiger partial charge in [0.25, 0.3) is 0 Å². The average molecular weight is 304 g/mol. The molecule has 0 spiro atoms. The third-order valence-electron chi connectivity index (χ3n) is 3.87. The Morgan fingerprint density at radius 1 is 1.43 bits per heavy atom. The Morgan fingerprint density at radius 3 is 2.90 bits per heavy atom. The zero-order valence-electron chi connectivity index (χ0n) is 13.1. The smallest absolute Gasteiger partial charge is 0.0534 e. The highest BCUT2D eigenvalue weighted by Gasteiger charge is 2.20. The molecule has 0 radical (unpaired) electrons. The first kappa shape index (κ1) is 14.8. The van der Waals surface area contributed by atoms with Gasteiger partial charge in [0.1, 0.15) is 0 Å². The molecular weight excluding hydrogens is 280 g/mol. The Hall–Kier alpha value is -1.17. The van der Waals surface area contributed by atoms with E-state index in [4.69, 9.17) is 0 Å². The summed E-state index contributed by atoms with van der Waals surface area (Å²) in [6.07, 6.45) is 6.74. The van der Waals surface area contributed by atoms with Gasteiger partial charge in [0, 0.05) is 54.2 Å². The Labute approximate surface area is 130 Å². The van der Waals surface area contributed by atoms with Gasteiger partial charge in [-0.3, -0.25) is 9.58 Å². The molecule has 3 rings (SSSR count). The van der Waals surface area contributed by atoms with Crippen molar-refractivity contribution in [3.8, 4) is 0 Å². The molecule has 0 aromatic carbocycles. The number of nitrogens with zero attached hydrogens (tertiary/aromatic N) is 3. The fraction of sp³-hybridized carbons (Fsp3) is 0.562. The van der Waals surface area contributed by atoms with Crippen molar-refractivity contribution in [2.75, 3.05) is 7.05 Å². The maximum Gasteiger partial charge on any atom is 0.0534 e. The number of aryl methyl sites for hydroxylation is 2. The minimum Gasteiger partial charge on any atom is -0.309 e. The molecule has 2 heterocycles. The largest absolute Gasteiger partial charge is 0.309 e. The third-order valence-corrected chi connectivity index (χ3v) is 4.96. The zero-order valence-corrected chi connectivity index (χ0v) is 13.9. The molecule has 2 aromatic heterocycles. The highest BCUT2D eigenvalue weighted by atomic mass is 32.1. The van der Waals surface area contributed by atoms with Gasteiger partial charge in [-0.2, -0.15) is 5.10 Å². The van der Waals surface area contributed by atoms with Crippen molar-refractivity contribution >= 4 is 11.3 Å². The van der Waals surface area contributed by atoms with Crippen LogP contribution in [0.15, 0.2) is 18.5 Å². The predicted molar refractivity (Wildman–Crippen MR) is 87.3 cm³/mol. The van der Waals surface area contributed by atoms with E-state index < -0.39 is 0 Å². The topological polar surface area (TPSA) is 33.1 Å². The van der Waals surface area contributed by atoms with Crippen LogP contribution in [-0.2, 0) is 26.7 Å². The highest BCUT2D eigenvalue weighted by molar-refractivity contribution is 7.12. The second kappa shape index (κ2) is 6.30. The van der Waals surface area contributed by atoms with Gasteiger partial charge in [-0.1, -0.05) is 0 Å². The summed E-state index contributed by atoms with van der Waals surface area (Å²) in [6.45, 7) is 5.21. The van der Waals surface area contributed by atoms with Gasteiger partial charge < -0.3 is 5.32 Å². The first-order chi connectivity index (χ1) is 10.1. The van der Waals surface area contributed by atoms with Crippen molar-refractivity contribution in [2.24, 2.45) is 7.05 Å². The monoisotopic (exact) mass is 304 g/mol. The molecule has 4 nitrogen and oxygen atoms in total. The molecule has 114 valence electrons. The van der Waals surface area contributed by atoms with E-state index in [0.717, 1.165) is 25.7 Å². The molecule has 0 unspecified atom stereocenters. The number of hydrogen-bond acceptors (Lipinski definition) is 4. The van der Waals surface area contributed by atoms with Crippen molar-refractivity contribution in [3.05, 3.63) is 39.3 Å². The van der Waals surface area contributed by atoms with Gasteiger partial charge in [-0.15, -0.1) is 11.3 Å². The minimum absolute atomic E-state index is 0.782. The summed E-state index contributed by atoms with van der Waals surface area (Å²) >= 11 is 1.93. The van der Waals surface area contributed by atoms with Gasteiger partial charge in [0.05, 0.1) is 6.20 Å². The molecule has 0 aliphatic heterocycles. The summed E-state index contributed by atoms with van der Waals surface area (Å²) in [5, 5.41) is 7.82. The Bertz CT molecular complexity index is 597. The van der Waals surface area contributed by atoms with Crippen LogP contribution in [0.5, 0.6) is 0 Å². The normalized spacial score (nSPS) is 15.0. The average Bonchev–Trinajstić information content (AvgIpc) is 3.08. The van der Waals surface area contributed by atoms with E-state index in [2.05, 4.69) is 41.5 Å². The molecule has 0 saturated heterocycles. The second-order valence-electron chi connectivity index (χ2n) is 6.14. The van der Waals surface area contributed by atoms with Crippen LogP contribution in [-0.4, -0.2) is 27.8 Å². The first-order valence-electron chi connectivity index (χ1n) is 7.58. The molecule has 1 saturated carbocycles. The van der Waals surface area contributed by atoms with Crippen molar-refractivity contribution in [3.63, 3.8) is 0 Å². The highest BCUT2D eigenvalue weighted by Crippen LogP contribution is 2.25. The molecule has 1 N–H and O–H groups in total. The summed E-state index contributed by atoms with van der Waals surface area (Å²) in [4.78, 5) is 5.26. The number of nitrogens with one attached hydrogen (secondary N) is 1. The van der Waals surface area contributed by atoms with E-state index in [0.29, 0.717) is 0 Å². The first-order valence-corrected chi connectivity index (χ1v) is 8.39. The number of aromatic nitrogens is 2. The van der Waals surface area contributed by atoms with Crippen LogP contribution in [0.3, 0.4) is 0 Å². The van der Waals surface area contributed by atoms with Gasteiger partial charge >= 0.3 is 0 Å². The van der Waals surface area contributed by atoms with Crippen LogP contribution < -0.4 is 5.32 Å².